The van der Waals surface area contributed by atoms with Crippen LogP contribution in [0.4, 0.5) is 0 Å². The highest BCUT2D eigenvalue weighted by molar-refractivity contribution is 7.80. The van der Waals surface area contributed by atoms with Gasteiger partial charge >= 0.3 is 0 Å². The van der Waals surface area contributed by atoms with Gasteiger partial charge in [0.1, 0.15) is 0 Å². The molecule has 0 aromatic carbocycles. The van der Waals surface area contributed by atoms with E-state index in [1.54, 1.807) is 0 Å². The molecule has 0 saturated carbocycles. The average Bonchev–Trinajstić information content (AvgIpc) is 2.79. The van der Waals surface area contributed by atoms with Gasteiger partial charge in [0.2, 0.25) is 5.91 Å². The van der Waals surface area contributed by atoms with Crippen molar-refractivity contribution in [2.75, 3.05) is 18.8 Å². The summed E-state index contributed by atoms with van der Waals surface area (Å²) in [6.07, 6.45) is 26.6. The molecule has 0 bridgehead atoms. The minimum Gasteiger partial charge on any atom is -0.339 e. The van der Waals surface area contributed by atoms with Crippen LogP contribution in [0.25, 0.3) is 0 Å². The Morgan fingerprint density at radius 3 is 1.16 bits per heavy atom. The third-order valence-corrected chi connectivity index (χ3v) is 6.73. The zero-order chi connectivity index (χ0) is 23.0. The van der Waals surface area contributed by atoms with Crippen LogP contribution in [0, 0.1) is 0 Å². The van der Waals surface area contributed by atoms with Gasteiger partial charge in [-0.1, -0.05) is 136 Å². The molecule has 0 fully saturated rings. The Labute approximate surface area is 201 Å². The van der Waals surface area contributed by atoms with Gasteiger partial charge in [-0.3, -0.25) is 4.79 Å². The zero-order valence-electron chi connectivity index (χ0n) is 21.3. The van der Waals surface area contributed by atoms with Crippen LogP contribution < -0.4 is 0 Å². The number of hydrogen-bond donors (Lipinski definition) is 1. The molecule has 0 aliphatic heterocycles. The maximum atomic E-state index is 12.6. The lowest BCUT2D eigenvalue weighted by molar-refractivity contribution is -0.127. The molecule has 31 heavy (non-hydrogen) atoms. The zero-order valence-corrected chi connectivity index (χ0v) is 22.2. The standard InChI is InChI=1S/C28H55NOS/c1-4-6-8-10-12-14-16-18-20-22-24-29(28(30)27(3)26-31)25-23-21-19-17-15-13-11-9-7-5-2/h31H,3-26H2,1-2H3. The van der Waals surface area contributed by atoms with Gasteiger partial charge in [0.05, 0.1) is 0 Å². The molecule has 0 saturated heterocycles. The second-order valence-corrected chi connectivity index (χ2v) is 9.73. The normalized spacial score (nSPS) is 11.1. The maximum Gasteiger partial charge on any atom is 0.250 e. The molecule has 0 N–H and O–H groups in total. The molecule has 0 heterocycles. The van der Waals surface area contributed by atoms with Crippen molar-refractivity contribution in [3.05, 3.63) is 12.2 Å². The molecule has 0 aliphatic rings. The van der Waals surface area contributed by atoms with E-state index in [2.05, 4.69) is 33.1 Å². The number of unbranched alkanes of at least 4 members (excludes halogenated alkanes) is 18. The Hall–Kier alpha value is -0.440. The van der Waals surface area contributed by atoms with Crippen LogP contribution in [0.2, 0.25) is 0 Å². The number of nitrogens with zero attached hydrogens (tertiary/aromatic N) is 1. The van der Waals surface area contributed by atoms with Crippen molar-refractivity contribution in [2.45, 2.75) is 142 Å². The lowest BCUT2D eigenvalue weighted by atomic mass is 10.1. The van der Waals surface area contributed by atoms with Crippen molar-refractivity contribution >= 4 is 18.5 Å². The van der Waals surface area contributed by atoms with Crippen LogP contribution in [0.5, 0.6) is 0 Å². The molecular weight excluding hydrogens is 398 g/mol. The second-order valence-electron chi connectivity index (χ2n) is 9.42. The highest BCUT2D eigenvalue weighted by Gasteiger charge is 2.15. The monoisotopic (exact) mass is 453 g/mol. The van der Waals surface area contributed by atoms with E-state index < -0.39 is 0 Å². The summed E-state index contributed by atoms with van der Waals surface area (Å²) < 4.78 is 0. The molecule has 2 nitrogen and oxygen atoms in total. The third-order valence-electron chi connectivity index (χ3n) is 6.34. The molecule has 0 unspecified atom stereocenters. The fraction of sp³-hybridized carbons (Fsp3) is 0.893. The molecular formula is C28H55NOS. The summed E-state index contributed by atoms with van der Waals surface area (Å²) in [7, 11) is 0. The van der Waals surface area contributed by atoms with Crippen LogP contribution in [-0.2, 0) is 4.79 Å². The van der Waals surface area contributed by atoms with Crippen molar-refractivity contribution in [2.24, 2.45) is 0 Å². The number of hydrogen-bond acceptors (Lipinski definition) is 2. The first-order valence-corrected chi connectivity index (χ1v) is 14.4. The van der Waals surface area contributed by atoms with Crippen LogP contribution in [-0.4, -0.2) is 29.6 Å². The number of amides is 1. The lowest BCUT2D eigenvalue weighted by Crippen LogP contribution is -2.34. The first kappa shape index (κ1) is 30.6. The van der Waals surface area contributed by atoms with Gasteiger partial charge in [-0.25, -0.2) is 0 Å². The fourth-order valence-corrected chi connectivity index (χ4v) is 4.32. The van der Waals surface area contributed by atoms with Gasteiger partial charge in [0.15, 0.2) is 0 Å². The van der Waals surface area contributed by atoms with Crippen LogP contribution in [0.1, 0.15) is 142 Å². The quantitative estimate of drug-likeness (QED) is 0.0877. The van der Waals surface area contributed by atoms with E-state index in [-0.39, 0.29) is 5.91 Å². The van der Waals surface area contributed by atoms with Crippen molar-refractivity contribution < 1.29 is 4.79 Å². The number of carbonyl (C=O) groups excluding carboxylic acids is 1. The smallest absolute Gasteiger partial charge is 0.250 e. The Morgan fingerprint density at radius 2 is 0.871 bits per heavy atom. The topological polar surface area (TPSA) is 20.3 Å². The van der Waals surface area contributed by atoms with Gasteiger partial charge in [0.25, 0.3) is 0 Å². The summed E-state index contributed by atoms with van der Waals surface area (Å²) >= 11 is 4.26. The van der Waals surface area contributed by atoms with Crippen molar-refractivity contribution in [3.8, 4) is 0 Å². The molecule has 0 radical (unpaired) electrons. The summed E-state index contributed by atoms with van der Waals surface area (Å²) in [6, 6.07) is 0. The van der Waals surface area contributed by atoms with Gasteiger partial charge in [-0.05, 0) is 12.8 Å². The minimum absolute atomic E-state index is 0.127. The maximum absolute atomic E-state index is 12.6. The van der Waals surface area contributed by atoms with Crippen LogP contribution >= 0.6 is 12.6 Å². The fourth-order valence-electron chi connectivity index (χ4n) is 4.19. The summed E-state index contributed by atoms with van der Waals surface area (Å²) in [4.78, 5) is 14.7. The Balaban J connectivity index is 3.87. The molecule has 0 atom stereocenters. The van der Waals surface area contributed by atoms with Crippen molar-refractivity contribution in [3.63, 3.8) is 0 Å². The van der Waals surface area contributed by atoms with Crippen molar-refractivity contribution in [1.29, 1.82) is 0 Å². The van der Waals surface area contributed by atoms with E-state index in [1.165, 1.54) is 116 Å². The summed E-state index contributed by atoms with van der Waals surface area (Å²) in [5.74, 6) is 0.590. The molecule has 0 rings (SSSR count). The first-order chi connectivity index (χ1) is 15.2. The molecule has 0 spiro atoms. The first-order valence-electron chi connectivity index (χ1n) is 13.7. The molecule has 0 aromatic heterocycles. The Morgan fingerprint density at radius 1 is 0.581 bits per heavy atom. The Kier molecular flexibility index (Phi) is 23.9. The van der Waals surface area contributed by atoms with Crippen molar-refractivity contribution in [1.82, 2.24) is 4.90 Å². The second kappa shape index (κ2) is 24.2. The summed E-state index contributed by atoms with van der Waals surface area (Å²) in [5, 5.41) is 0. The average molecular weight is 454 g/mol. The predicted molar refractivity (Wildman–Crippen MR) is 143 cm³/mol. The van der Waals surface area contributed by atoms with E-state index in [9.17, 15) is 4.79 Å². The lowest BCUT2D eigenvalue weighted by Gasteiger charge is -2.23. The van der Waals surface area contributed by atoms with E-state index in [0.717, 1.165) is 25.9 Å². The SMILES string of the molecule is C=C(CS)C(=O)N(CCCCCCCCCCCC)CCCCCCCCCCCC. The Bertz CT molecular complexity index is 386. The van der Waals surface area contributed by atoms with E-state index in [4.69, 9.17) is 0 Å². The third kappa shape index (κ3) is 19.9. The van der Waals surface area contributed by atoms with E-state index >= 15 is 0 Å². The molecule has 0 aromatic rings. The molecule has 0 aliphatic carbocycles. The highest BCUT2D eigenvalue weighted by Crippen LogP contribution is 2.14. The highest BCUT2D eigenvalue weighted by atomic mass is 32.1. The predicted octanol–water partition coefficient (Wildman–Crippen LogP) is 9.14. The molecule has 3 heteroatoms. The van der Waals surface area contributed by atoms with Crippen LogP contribution in [0.3, 0.4) is 0 Å². The molecule has 1 amide bonds. The number of rotatable bonds is 24. The van der Waals surface area contributed by atoms with Gasteiger partial charge in [-0.15, -0.1) is 0 Å². The largest absolute Gasteiger partial charge is 0.339 e. The minimum atomic E-state index is 0.127. The molecule has 184 valence electrons. The van der Waals surface area contributed by atoms with Gasteiger partial charge in [-0.2, -0.15) is 12.6 Å². The van der Waals surface area contributed by atoms with Crippen LogP contribution in [0.15, 0.2) is 12.2 Å². The van der Waals surface area contributed by atoms with E-state index in [0.29, 0.717) is 11.3 Å². The number of thiol groups is 1. The summed E-state index contributed by atoms with van der Waals surface area (Å²) in [5.41, 5.74) is 0.641. The van der Waals surface area contributed by atoms with E-state index in [1.807, 2.05) is 4.90 Å². The van der Waals surface area contributed by atoms with Gasteiger partial charge < -0.3 is 4.90 Å². The van der Waals surface area contributed by atoms with Gasteiger partial charge in [0, 0.05) is 24.4 Å². The number of carbonyl (C=O) groups is 1. The summed E-state index contributed by atoms with van der Waals surface area (Å²) in [6.45, 7) is 10.2.